The second-order valence-electron chi connectivity index (χ2n) is 7.97. The van der Waals surface area contributed by atoms with Crippen molar-refractivity contribution in [3.63, 3.8) is 0 Å². The molecule has 0 aliphatic carbocycles. The number of fused-ring (bicyclic) bond motifs is 1. The molecule has 1 atom stereocenters. The zero-order valence-corrected chi connectivity index (χ0v) is 20.4. The Labute approximate surface area is 202 Å². The van der Waals surface area contributed by atoms with E-state index in [1.165, 1.54) is 4.70 Å². The molecule has 0 aliphatic rings. The van der Waals surface area contributed by atoms with E-state index in [4.69, 9.17) is 4.74 Å². The Morgan fingerprint density at radius 2 is 1.91 bits per heavy atom. The van der Waals surface area contributed by atoms with Crippen molar-refractivity contribution in [3.05, 3.63) is 59.8 Å². The molecule has 0 saturated carbocycles. The average molecular weight is 480 g/mol. The van der Waals surface area contributed by atoms with Crippen LogP contribution < -0.4 is 10.6 Å². The number of nitrogens with one attached hydrogen (secondary N) is 2. The first-order chi connectivity index (χ1) is 16.5. The second kappa shape index (κ2) is 10.6. The number of anilines is 3. The minimum atomic E-state index is -0.665. The Kier molecular flexibility index (Phi) is 7.32. The Hall–Kier alpha value is -3.59. The van der Waals surface area contributed by atoms with Crippen LogP contribution in [-0.4, -0.2) is 38.9 Å². The highest BCUT2D eigenvalue weighted by atomic mass is 32.1. The molecule has 4 rings (SSSR count). The molecular weight excluding hydrogens is 450 g/mol. The van der Waals surface area contributed by atoms with E-state index in [2.05, 4.69) is 26.7 Å². The van der Waals surface area contributed by atoms with Crippen molar-refractivity contribution < 1.29 is 14.6 Å². The maximum Gasteiger partial charge on any atom is 0.423 e. The Morgan fingerprint density at radius 1 is 1.15 bits per heavy atom. The van der Waals surface area contributed by atoms with E-state index in [0.717, 1.165) is 45.9 Å². The molecule has 0 aliphatic heterocycles. The summed E-state index contributed by atoms with van der Waals surface area (Å²) in [5, 5.41) is 18.1. The number of carbonyl (C=O) groups is 1. The molecule has 3 N–H and O–H groups in total. The summed E-state index contributed by atoms with van der Waals surface area (Å²) in [6, 6.07) is 16.0. The summed E-state index contributed by atoms with van der Waals surface area (Å²) in [4.78, 5) is 21.5. The Bertz CT molecular complexity index is 1230. The summed E-state index contributed by atoms with van der Waals surface area (Å²) in [5.74, 6) is 0.0471. The summed E-state index contributed by atoms with van der Waals surface area (Å²) in [6.07, 6.45) is 0.959. The van der Waals surface area contributed by atoms with Crippen LogP contribution in [-0.2, 0) is 11.2 Å². The first-order valence-electron chi connectivity index (χ1n) is 11.4. The van der Waals surface area contributed by atoms with Gasteiger partial charge >= 0.3 is 6.09 Å². The van der Waals surface area contributed by atoms with Gasteiger partial charge in [-0.1, -0.05) is 49.4 Å². The van der Waals surface area contributed by atoms with Crippen LogP contribution in [0.4, 0.5) is 21.6 Å². The summed E-state index contributed by atoms with van der Waals surface area (Å²) in [7, 11) is 0. The summed E-state index contributed by atoms with van der Waals surface area (Å²) < 4.78 is 7.36. The zero-order chi connectivity index (χ0) is 24.1. The van der Waals surface area contributed by atoms with Gasteiger partial charge in [0, 0.05) is 18.2 Å². The van der Waals surface area contributed by atoms with E-state index in [1.807, 2.05) is 56.3 Å². The van der Waals surface area contributed by atoms with Gasteiger partial charge in [0.1, 0.15) is 5.69 Å². The normalized spacial score (nSPS) is 12.0. The van der Waals surface area contributed by atoms with Gasteiger partial charge < -0.3 is 20.5 Å². The summed E-state index contributed by atoms with van der Waals surface area (Å²) in [6.45, 7) is 6.66. The van der Waals surface area contributed by atoms with E-state index in [9.17, 15) is 9.90 Å². The molecular formula is C25H29N5O3S. The predicted molar refractivity (Wildman–Crippen MR) is 137 cm³/mol. The van der Waals surface area contributed by atoms with E-state index in [0.29, 0.717) is 5.69 Å². The van der Waals surface area contributed by atoms with Gasteiger partial charge in [0.05, 0.1) is 16.8 Å². The van der Waals surface area contributed by atoms with E-state index in [-0.39, 0.29) is 24.4 Å². The smallest absolute Gasteiger partial charge is 0.423 e. The van der Waals surface area contributed by atoms with Crippen LogP contribution in [0.15, 0.2) is 48.5 Å². The molecule has 0 saturated heterocycles. The summed E-state index contributed by atoms with van der Waals surface area (Å²) in [5.41, 5.74) is 3.40. The lowest BCUT2D eigenvalue weighted by Crippen LogP contribution is -2.15. The molecule has 2 aromatic carbocycles. The number of rotatable bonds is 9. The van der Waals surface area contributed by atoms with Crippen LogP contribution in [0.2, 0.25) is 0 Å². The van der Waals surface area contributed by atoms with Crippen LogP contribution in [0.5, 0.6) is 5.88 Å². The molecule has 0 spiro atoms. The third-order valence-electron chi connectivity index (χ3n) is 5.60. The summed E-state index contributed by atoms with van der Waals surface area (Å²) >= 11 is 1.65. The molecule has 0 fully saturated rings. The van der Waals surface area contributed by atoms with Crippen molar-refractivity contribution in [2.75, 3.05) is 23.8 Å². The van der Waals surface area contributed by atoms with Gasteiger partial charge in [-0.05, 0) is 49.6 Å². The molecule has 178 valence electrons. The van der Waals surface area contributed by atoms with Gasteiger partial charge in [0.2, 0.25) is 11.8 Å². The molecule has 4 aromatic rings. The molecule has 8 nitrogen and oxygen atoms in total. The number of para-hydroxylation sites is 1. The van der Waals surface area contributed by atoms with Crippen LogP contribution in [0, 0.1) is 0 Å². The average Bonchev–Trinajstić information content (AvgIpc) is 3.40. The molecule has 0 bridgehead atoms. The monoisotopic (exact) mass is 479 g/mol. The number of thiazole rings is 1. The van der Waals surface area contributed by atoms with Crippen molar-refractivity contribution in [2.24, 2.45) is 0 Å². The van der Waals surface area contributed by atoms with Crippen LogP contribution >= 0.6 is 11.3 Å². The molecule has 34 heavy (non-hydrogen) atoms. The zero-order valence-electron chi connectivity index (χ0n) is 19.5. The standard InChI is InChI=1S/C25H29N5O3S/c1-4-16(3)21-22(31)30(25(32)33-5-2)23(29-21)27-18-12-10-17(11-13-18)14-15-26-24-28-19-8-6-7-9-20(19)34-24/h6-13,16,31H,4-5,14-15H2,1-3H3,(H,26,28)(H,27,29)/t16-/m0/s1. The SMILES string of the molecule is CCOC(=O)n1c(Nc2ccc(CCNc3nc4ccccc4s3)cc2)nc([C@@H](C)CC)c1O. The minimum Gasteiger partial charge on any atom is -0.493 e. The number of aromatic hydroxyl groups is 1. The highest BCUT2D eigenvalue weighted by Crippen LogP contribution is 2.32. The first-order valence-corrected chi connectivity index (χ1v) is 12.3. The van der Waals surface area contributed by atoms with Crippen molar-refractivity contribution in [1.29, 1.82) is 0 Å². The number of hydrogen-bond donors (Lipinski definition) is 3. The van der Waals surface area contributed by atoms with Gasteiger partial charge in [-0.25, -0.2) is 14.8 Å². The van der Waals surface area contributed by atoms with Gasteiger partial charge in [0.25, 0.3) is 0 Å². The number of hydrogen-bond acceptors (Lipinski definition) is 8. The molecule has 0 amide bonds. The fourth-order valence-corrected chi connectivity index (χ4v) is 4.43. The van der Waals surface area contributed by atoms with E-state index >= 15 is 0 Å². The first kappa shape index (κ1) is 23.6. The van der Waals surface area contributed by atoms with E-state index in [1.54, 1.807) is 18.3 Å². The van der Waals surface area contributed by atoms with Crippen LogP contribution in [0.25, 0.3) is 10.2 Å². The number of imidazole rings is 1. The molecule has 2 heterocycles. The van der Waals surface area contributed by atoms with Crippen molar-refractivity contribution in [3.8, 4) is 5.88 Å². The number of ether oxygens (including phenoxy) is 1. The number of aromatic nitrogens is 3. The number of carbonyl (C=O) groups excluding carboxylic acids is 1. The van der Waals surface area contributed by atoms with Crippen molar-refractivity contribution in [1.82, 2.24) is 14.5 Å². The van der Waals surface area contributed by atoms with Crippen LogP contribution in [0.1, 0.15) is 44.4 Å². The van der Waals surface area contributed by atoms with Gasteiger partial charge in [0.15, 0.2) is 5.13 Å². The predicted octanol–water partition coefficient (Wildman–Crippen LogP) is 6.11. The van der Waals surface area contributed by atoms with Gasteiger partial charge in [-0.2, -0.15) is 4.57 Å². The van der Waals surface area contributed by atoms with E-state index < -0.39 is 6.09 Å². The van der Waals surface area contributed by atoms with Gasteiger partial charge in [-0.3, -0.25) is 0 Å². The molecule has 0 unspecified atom stereocenters. The van der Waals surface area contributed by atoms with Gasteiger partial charge in [-0.15, -0.1) is 0 Å². The second-order valence-corrected chi connectivity index (χ2v) is 9.00. The Morgan fingerprint density at radius 3 is 2.62 bits per heavy atom. The lowest BCUT2D eigenvalue weighted by molar-refractivity contribution is 0.152. The lowest BCUT2D eigenvalue weighted by Gasteiger charge is -2.10. The fourth-order valence-electron chi connectivity index (χ4n) is 3.54. The maximum absolute atomic E-state index is 12.4. The third kappa shape index (κ3) is 5.14. The Balaban J connectivity index is 1.42. The fraction of sp³-hybridized carbons (Fsp3) is 0.320. The molecule has 2 aromatic heterocycles. The third-order valence-corrected chi connectivity index (χ3v) is 6.60. The van der Waals surface area contributed by atoms with Crippen molar-refractivity contribution in [2.45, 2.75) is 39.5 Å². The highest BCUT2D eigenvalue weighted by Gasteiger charge is 2.25. The topological polar surface area (TPSA) is 101 Å². The lowest BCUT2D eigenvalue weighted by atomic mass is 10.1. The minimum absolute atomic E-state index is 0.00142. The molecule has 0 radical (unpaired) electrons. The maximum atomic E-state index is 12.4. The quantitative estimate of drug-likeness (QED) is 0.266. The number of benzene rings is 2. The number of nitrogens with zero attached hydrogens (tertiary/aromatic N) is 3. The van der Waals surface area contributed by atoms with Crippen LogP contribution in [0.3, 0.4) is 0 Å². The largest absolute Gasteiger partial charge is 0.493 e. The van der Waals surface area contributed by atoms with Crippen molar-refractivity contribution >= 4 is 44.4 Å². The molecule has 9 heteroatoms. The highest BCUT2D eigenvalue weighted by molar-refractivity contribution is 7.22.